The monoisotopic (exact) mass is 476 g/mol. The first kappa shape index (κ1) is 24.4. The van der Waals surface area contributed by atoms with Gasteiger partial charge in [0.1, 0.15) is 18.2 Å². The SMILES string of the molecule is COC(=O)c1ccccc1NC(=O)C(C#N)=Cc1ccc(OCc2ccccc2Cl)c(OC)c1. The van der Waals surface area contributed by atoms with Crippen LogP contribution in [0, 0.1) is 11.3 Å². The minimum Gasteiger partial charge on any atom is -0.493 e. The van der Waals surface area contributed by atoms with Crippen LogP contribution in [0.25, 0.3) is 6.08 Å². The number of ether oxygens (including phenoxy) is 3. The third-order valence-corrected chi connectivity index (χ3v) is 5.15. The van der Waals surface area contributed by atoms with Crippen LogP contribution in [0.15, 0.2) is 72.3 Å². The molecule has 0 aliphatic rings. The van der Waals surface area contributed by atoms with E-state index in [0.29, 0.717) is 22.1 Å². The van der Waals surface area contributed by atoms with Crippen LogP contribution in [-0.2, 0) is 16.1 Å². The average molecular weight is 477 g/mol. The molecule has 3 aromatic rings. The summed E-state index contributed by atoms with van der Waals surface area (Å²) in [6, 6.07) is 20.6. The highest BCUT2D eigenvalue weighted by Gasteiger charge is 2.16. The van der Waals surface area contributed by atoms with Gasteiger partial charge in [0.25, 0.3) is 5.91 Å². The number of nitriles is 1. The minimum atomic E-state index is -0.670. The van der Waals surface area contributed by atoms with E-state index in [1.54, 1.807) is 42.5 Å². The van der Waals surface area contributed by atoms with Crippen molar-refractivity contribution in [3.8, 4) is 17.6 Å². The molecule has 0 saturated carbocycles. The molecule has 3 rings (SSSR count). The lowest BCUT2D eigenvalue weighted by Crippen LogP contribution is -2.16. The first-order chi connectivity index (χ1) is 16.5. The molecule has 0 heterocycles. The van der Waals surface area contributed by atoms with Gasteiger partial charge >= 0.3 is 5.97 Å². The molecule has 3 aromatic carbocycles. The number of hydrogen-bond acceptors (Lipinski definition) is 6. The zero-order valence-corrected chi connectivity index (χ0v) is 19.3. The van der Waals surface area contributed by atoms with E-state index in [9.17, 15) is 14.9 Å². The summed E-state index contributed by atoms with van der Waals surface area (Å²) in [5.41, 5.74) is 1.63. The molecule has 1 amide bonds. The molecule has 8 heteroatoms. The lowest BCUT2D eigenvalue weighted by atomic mass is 10.1. The maximum absolute atomic E-state index is 12.7. The number of nitrogens with zero attached hydrogens (tertiary/aromatic N) is 1. The molecule has 0 saturated heterocycles. The van der Waals surface area contributed by atoms with E-state index >= 15 is 0 Å². The van der Waals surface area contributed by atoms with E-state index in [2.05, 4.69) is 5.32 Å². The highest BCUT2D eigenvalue weighted by molar-refractivity contribution is 6.31. The van der Waals surface area contributed by atoms with Crippen LogP contribution in [0.4, 0.5) is 5.69 Å². The van der Waals surface area contributed by atoms with Crippen molar-refractivity contribution >= 4 is 35.2 Å². The van der Waals surface area contributed by atoms with Gasteiger partial charge in [0.2, 0.25) is 0 Å². The summed E-state index contributed by atoms with van der Waals surface area (Å²) in [7, 11) is 2.74. The fourth-order valence-electron chi connectivity index (χ4n) is 3.05. The Morgan fingerprint density at radius 3 is 2.47 bits per heavy atom. The molecule has 0 spiro atoms. The summed E-state index contributed by atoms with van der Waals surface area (Å²) < 4.78 is 16.0. The van der Waals surface area contributed by atoms with Crippen LogP contribution in [0.2, 0.25) is 5.02 Å². The standard InChI is InChI=1S/C26H21ClN2O5/c1-32-24-14-17(11-12-23(24)34-16-18-7-3-5-9-21(18)27)13-19(15-28)25(30)29-22-10-6-4-8-20(22)26(31)33-2/h3-14H,16H2,1-2H3,(H,29,30). The predicted molar refractivity (Wildman–Crippen MR) is 129 cm³/mol. The molecule has 0 radical (unpaired) electrons. The second-order valence-corrected chi connectivity index (χ2v) is 7.36. The molecule has 0 aromatic heterocycles. The van der Waals surface area contributed by atoms with Crippen LogP contribution in [-0.4, -0.2) is 26.1 Å². The van der Waals surface area contributed by atoms with Gasteiger partial charge in [0, 0.05) is 10.6 Å². The maximum Gasteiger partial charge on any atom is 0.339 e. The average Bonchev–Trinajstić information content (AvgIpc) is 2.86. The molecule has 7 nitrogen and oxygen atoms in total. The van der Waals surface area contributed by atoms with Gasteiger partial charge < -0.3 is 19.5 Å². The van der Waals surface area contributed by atoms with Gasteiger partial charge in [-0.15, -0.1) is 0 Å². The fraction of sp³-hybridized carbons (Fsp3) is 0.115. The Bertz CT molecular complexity index is 1280. The summed E-state index contributed by atoms with van der Waals surface area (Å²) in [5.74, 6) is -0.364. The van der Waals surface area contributed by atoms with Crippen LogP contribution >= 0.6 is 11.6 Å². The first-order valence-electron chi connectivity index (χ1n) is 10.1. The number of para-hydroxylation sites is 1. The van der Waals surface area contributed by atoms with Crippen molar-refractivity contribution < 1.29 is 23.8 Å². The van der Waals surface area contributed by atoms with Gasteiger partial charge in [-0.1, -0.05) is 48.0 Å². The minimum absolute atomic E-state index is 0.161. The van der Waals surface area contributed by atoms with Crippen molar-refractivity contribution in [3.63, 3.8) is 0 Å². The van der Waals surface area contributed by atoms with Gasteiger partial charge in [-0.2, -0.15) is 5.26 Å². The van der Waals surface area contributed by atoms with E-state index < -0.39 is 11.9 Å². The molecule has 0 atom stereocenters. The smallest absolute Gasteiger partial charge is 0.339 e. The summed E-state index contributed by atoms with van der Waals surface area (Å²) in [6.07, 6.45) is 1.41. The first-order valence-corrected chi connectivity index (χ1v) is 10.5. The van der Waals surface area contributed by atoms with E-state index in [1.165, 1.54) is 26.4 Å². The largest absolute Gasteiger partial charge is 0.493 e. The second kappa shape index (κ2) is 11.5. The Labute approximate surface area is 202 Å². The Morgan fingerprint density at radius 1 is 1.03 bits per heavy atom. The Morgan fingerprint density at radius 2 is 1.76 bits per heavy atom. The molecular formula is C26H21ClN2O5. The normalized spacial score (nSPS) is 10.7. The van der Waals surface area contributed by atoms with Gasteiger partial charge in [-0.25, -0.2) is 4.79 Å². The third kappa shape index (κ3) is 5.94. The molecular weight excluding hydrogens is 456 g/mol. The van der Waals surface area contributed by atoms with E-state index in [0.717, 1.165) is 5.56 Å². The summed E-state index contributed by atoms with van der Waals surface area (Å²) >= 11 is 6.17. The Hall–Kier alpha value is -4.28. The summed E-state index contributed by atoms with van der Waals surface area (Å²) in [6.45, 7) is 0.247. The van der Waals surface area contributed by atoms with Crippen molar-refractivity contribution in [2.24, 2.45) is 0 Å². The van der Waals surface area contributed by atoms with E-state index in [1.807, 2.05) is 24.3 Å². The van der Waals surface area contributed by atoms with Crippen LogP contribution in [0.1, 0.15) is 21.5 Å². The van der Waals surface area contributed by atoms with Crippen LogP contribution < -0.4 is 14.8 Å². The number of halogens is 1. The number of rotatable bonds is 8. The number of esters is 1. The van der Waals surface area contributed by atoms with Gasteiger partial charge in [-0.05, 0) is 42.0 Å². The predicted octanol–water partition coefficient (Wildman–Crippen LogP) is 5.26. The number of hydrogen-bond donors (Lipinski definition) is 1. The van der Waals surface area contributed by atoms with E-state index in [-0.39, 0.29) is 23.4 Å². The van der Waals surface area contributed by atoms with Crippen molar-refractivity contribution in [3.05, 3.63) is 94.0 Å². The third-order valence-electron chi connectivity index (χ3n) is 4.79. The van der Waals surface area contributed by atoms with Gasteiger partial charge in [0.05, 0.1) is 25.5 Å². The highest BCUT2D eigenvalue weighted by Crippen LogP contribution is 2.30. The second-order valence-electron chi connectivity index (χ2n) is 6.95. The fourth-order valence-corrected chi connectivity index (χ4v) is 3.24. The number of carbonyl (C=O) groups is 2. The highest BCUT2D eigenvalue weighted by atomic mass is 35.5. The number of nitrogens with one attached hydrogen (secondary N) is 1. The van der Waals surface area contributed by atoms with Gasteiger partial charge in [-0.3, -0.25) is 4.79 Å². The quantitative estimate of drug-likeness (QED) is 0.270. The van der Waals surface area contributed by atoms with Crippen molar-refractivity contribution in [2.45, 2.75) is 6.61 Å². The topological polar surface area (TPSA) is 97.7 Å². The summed E-state index contributed by atoms with van der Waals surface area (Å²) in [4.78, 5) is 24.6. The number of anilines is 1. The van der Waals surface area contributed by atoms with Crippen molar-refractivity contribution in [2.75, 3.05) is 19.5 Å². The molecule has 34 heavy (non-hydrogen) atoms. The number of methoxy groups -OCH3 is 2. The Balaban J connectivity index is 1.79. The number of benzene rings is 3. The molecule has 0 unspecified atom stereocenters. The van der Waals surface area contributed by atoms with Crippen molar-refractivity contribution in [1.82, 2.24) is 0 Å². The molecule has 0 aliphatic heterocycles. The number of carbonyl (C=O) groups excluding carboxylic acids is 2. The van der Waals surface area contributed by atoms with Crippen LogP contribution in [0.3, 0.4) is 0 Å². The molecule has 0 fully saturated rings. The zero-order valence-electron chi connectivity index (χ0n) is 18.5. The molecule has 0 bridgehead atoms. The van der Waals surface area contributed by atoms with E-state index in [4.69, 9.17) is 25.8 Å². The summed E-state index contributed by atoms with van der Waals surface area (Å²) in [5, 5.41) is 12.7. The molecule has 1 N–H and O–H groups in total. The molecule has 0 aliphatic carbocycles. The maximum atomic E-state index is 12.7. The number of amides is 1. The van der Waals surface area contributed by atoms with Gasteiger partial charge in [0.15, 0.2) is 11.5 Å². The Kier molecular flexibility index (Phi) is 8.27. The lowest BCUT2D eigenvalue weighted by molar-refractivity contribution is -0.112. The van der Waals surface area contributed by atoms with Crippen molar-refractivity contribution in [1.29, 1.82) is 5.26 Å². The zero-order chi connectivity index (χ0) is 24.5. The molecule has 172 valence electrons. The lowest BCUT2D eigenvalue weighted by Gasteiger charge is -2.12. The van der Waals surface area contributed by atoms with Crippen LogP contribution in [0.5, 0.6) is 11.5 Å².